The number of nitrogens with two attached hydrogens (primary N) is 1. The highest BCUT2D eigenvalue weighted by Crippen LogP contribution is 2.32. The van der Waals surface area contributed by atoms with Crippen LogP contribution >= 0.6 is 15.9 Å². The highest BCUT2D eigenvalue weighted by molar-refractivity contribution is 9.10. The Bertz CT molecular complexity index is 566. The number of benzene rings is 1. The number of rotatable bonds is 2. The first kappa shape index (κ1) is 13.6. The minimum atomic E-state index is -0.0661. The van der Waals surface area contributed by atoms with Crippen LogP contribution in [0.2, 0.25) is 0 Å². The van der Waals surface area contributed by atoms with Crippen molar-refractivity contribution in [1.82, 2.24) is 9.55 Å². The molecule has 1 heterocycles. The number of halogens is 1. The van der Waals surface area contributed by atoms with Crippen LogP contribution in [0.3, 0.4) is 0 Å². The molecule has 1 atom stereocenters. The fraction of sp³-hybridized carbons (Fsp3) is 0.500. The predicted molar refractivity (Wildman–Crippen MR) is 79.5 cm³/mol. The largest absolute Gasteiger partial charge is 0.327 e. The summed E-state index contributed by atoms with van der Waals surface area (Å²) in [5, 5.41) is 0. The van der Waals surface area contributed by atoms with Crippen molar-refractivity contribution in [3.8, 4) is 0 Å². The maximum Gasteiger partial charge on any atom is 0.127 e. The third-order valence-corrected chi connectivity index (χ3v) is 3.76. The maximum atomic E-state index is 6.36. The second kappa shape index (κ2) is 4.67. The second-order valence-electron chi connectivity index (χ2n) is 5.69. The van der Waals surface area contributed by atoms with E-state index in [4.69, 9.17) is 10.7 Å². The summed E-state index contributed by atoms with van der Waals surface area (Å²) in [6.07, 6.45) is 0. The monoisotopic (exact) mass is 309 g/mol. The average Bonchev–Trinajstić information content (AvgIpc) is 2.63. The number of aromatic nitrogens is 2. The number of nitrogens with zero attached hydrogens (tertiary/aromatic N) is 2. The number of hydrogen-bond donors (Lipinski definition) is 1. The van der Waals surface area contributed by atoms with Crippen LogP contribution < -0.4 is 5.73 Å². The molecule has 2 rings (SSSR count). The van der Waals surface area contributed by atoms with Crippen LogP contribution in [-0.4, -0.2) is 9.55 Å². The molecule has 0 aliphatic carbocycles. The molecule has 3 nitrogen and oxygen atoms in total. The Hall–Kier alpha value is -0.870. The molecule has 18 heavy (non-hydrogen) atoms. The summed E-state index contributed by atoms with van der Waals surface area (Å²) in [6.45, 7) is 9.45. The molecule has 0 spiro atoms. The molecule has 4 heteroatoms. The van der Waals surface area contributed by atoms with Crippen molar-refractivity contribution in [2.45, 2.75) is 40.3 Å². The molecule has 0 fully saturated rings. The molecule has 0 saturated carbocycles. The van der Waals surface area contributed by atoms with E-state index in [0.29, 0.717) is 0 Å². The lowest BCUT2D eigenvalue weighted by atomic mass is 9.87. The molecule has 2 N–H and O–H groups in total. The summed E-state index contributed by atoms with van der Waals surface area (Å²) in [5.74, 6) is 0.970. The van der Waals surface area contributed by atoms with E-state index in [1.807, 2.05) is 12.1 Å². The quantitative estimate of drug-likeness (QED) is 0.915. The zero-order valence-electron chi connectivity index (χ0n) is 11.4. The van der Waals surface area contributed by atoms with Gasteiger partial charge in [0.25, 0.3) is 0 Å². The standard InChI is InChI=1S/C14H20BrN3/c1-5-18-11-7-6-9(15)8-10(11)17-13(18)12(16)14(2,3)4/h6-8,12H,5,16H2,1-4H3. The van der Waals surface area contributed by atoms with E-state index in [-0.39, 0.29) is 11.5 Å². The van der Waals surface area contributed by atoms with E-state index in [1.54, 1.807) is 0 Å². The number of aryl methyl sites for hydroxylation is 1. The molecule has 1 aromatic heterocycles. The molecule has 0 amide bonds. The SMILES string of the molecule is CCn1c(C(N)C(C)(C)C)nc2cc(Br)ccc21. The lowest BCUT2D eigenvalue weighted by molar-refractivity contribution is 0.309. The van der Waals surface area contributed by atoms with Crippen LogP contribution in [0.25, 0.3) is 11.0 Å². The van der Waals surface area contributed by atoms with Crippen LogP contribution in [0.5, 0.6) is 0 Å². The summed E-state index contributed by atoms with van der Waals surface area (Å²) < 4.78 is 3.25. The summed E-state index contributed by atoms with van der Waals surface area (Å²) in [7, 11) is 0. The zero-order chi connectivity index (χ0) is 13.5. The van der Waals surface area contributed by atoms with Gasteiger partial charge in [0.15, 0.2) is 0 Å². The molecule has 0 aliphatic heterocycles. The van der Waals surface area contributed by atoms with E-state index in [0.717, 1.165) is 27.9 Å². The topological polar surface area (TPSA) is 43.8 Å². The smallest absolute Gasteiger partial charge is 0.127 e. The van der Waals surface area contributed by atoms with Gasteiger partial charge in [0, 0.05) is 11.0 Å². The molecular weight excluding hydrogens is 290 g/mol. The molecule has 1 aromatic carbocycles. The molecule has 1 unspecified atom stereocenters. The maximum absolute atomic E-state index is 6.36. The van der Waals surface area contributed by atoms with Crippen LogP contribution in [0.4, 0.5) is 0 Å². The molecule has 98 valence electrons. The summed E-state index contributed by atoms with van der Waals surface area (Å²) >= 11 is 3.48. The highest BCUT2D eigenvalue weighted by atomic mass is 79.9. The Labute approximate surface area is 117 Å². The first-order chi connectivity index (χ1) is 8.34. The average molecular weight is 310 g/mol. The van der Waals surface area contributed by atoms with Crippen molar-refractivity contribution >= 4 is 27.0 Å². The normalized spacial score (nSPS) is 14.1. The predicted octanol–water partition coefficient (Wildman–Crippen LogP) is 3.86. The fourth-order valence-electron chi connectivity index (χ4n) is 2.08. The van der Waals surface area contributed by atoms with Gasteiger partial charge in [-0.15, -0.1) is 0 Å². The van der Waals surface area contributed by atoms with Gasteiger partial charge in [-0.1, -0.05) is 36.7 Å². The zero-order valence-corrected chi connectivity index (χ0v) is 13.0. The Balaban J connectivity index is 2.64. The summed E-state index contributed by atoms with van der Waals surface area (Å²) in [4.78, 5) is 4.72. The van der Waals surface area contributed by atoms with Crippen LogP contribution in [0, 0.1) is 5.41 Å². The second-order valence-corrected chi connectivity index (χ2v) is 6.61. The summed E-state index contributed by atoms with van der Waals surface area (Å²) in [5.41, 5.74) is 8.51. The van der Waals surface area contributed by atoms with Crippen molar-refractivity contribution in [2.24, 2.45) is 11.1 Å². The van der Waals surface area contributed by atoms with Crippen molar-refractivity contribution in [3.63, 3.8) is 0 Å². The van der Waals surface area contributed by atoms with E-state index in [1.165, 1.54) is 0 Å². The van der Waals surface area contributed by atoms with Crippen molar-refractivity contribution in [3.05, 3.63) is 28.5 Å². The van der Waals surface area contributed by atoms with Gasteiger partial charge in [0.2, 0.25) is 0 Å². The first-order valence-electron chi connectivity index (χ1n) is 6.26. The minimum absolute atomic E-state index is 0.00548. The van der Waals surface area contributed by atoms with Gasteiger partial charge in [0.1, 0.15) is 5.82 Å². The lowest BCUT2D eigenvalue weighted by Gasteiger charge is -2.26. The van der Waals surface area contributed by atoms with E-state index < -0.39 is 0 Å². The van der Waals surface area contributed by atoms with Gasteiger partial charge in [-0.05, 0) is 30.5 Å². The number of imidazole rings is 1. The first-order valence-corrected chi connectivity index (χ1v) is 7.05. The van der Waals surface area contributed by atoms with Gasteiger partial charge in [-0.25, -0.2) is 4.98 Å². The van der Waals surface area contributed by atoms with Crippen LogP contribution in [0.15, 0.2) is 22.7 Å². The summed E-state index contributed by atoms with van der Waals surface area (Å²) in [6, 6.07) is 6.11. The third-order valence-electron chi connectivity index (χ3n) is 3.27. The fourth-order valence-corrected chi connectivity index (χ4v) is 2.43. The Morgan fingerprint density at radius 3 is 2.61 bits per heavy atom. The van der Waals surface area contributed by atoms with E-state index in [9.17, 15) is 0 Å². The Morgan fingerprint density at radius 1 is 1.39 bits per heavy atom. The van der Waals surface area contributed by atoms with Crippen LogP contribution in [0.1, 0.15) is 39.6 Å². The molecule has 0 aliphatic rings. The minimum Gasteiger partial charge on any atom is -0.327 e. The van der Waals surface area contributed by atoms with Gasteiger partial charge in [0.05, 0.1) is 17.1 Å². The van der Waals surface area contributed by atoms with Gasteiger partial charge in [-0.2, -0.15) is 0 Å². The van der Waals surface area contributed by atoms with Crippen molar-refractivity contribution in [1.29, 1.82) is 0 Å². The highest BCUT2D eigenvalue weighted by Gasteiger charge is 2.27. The molecule has 2 aromatic rings. The van der Waals surface area contributed by atoms with E-state index >= 15 is 0 Å². The van der Waals surface area contributed by atoms with Gasteiger partial charge >= 0.3 is 0 Å². The molecule has 0 saturated heterocycles. The Morgan fingerprint density at radius 2 is 2.06 bits per heavy atom. The third kappa shape index (κ3) is 2.31. The number of hydrogen-bond acceptors (Lipinski definition) is 2. The van der Waals surface area contributed by atoms with Crippen molar-refractivity contribution in [2.75, 3.05) is 0 Å². The number of fused-ring (bicyclic) bond motifs is 1. The van der Waals surface area contributed by atoms with Crippen molar-refractivity contribution < 1.29 is 0 Å². The molecular formula is C14H20BrN3. The van der Waals surface area contributed by atoms with Gasteiger partial charge in [-0.3, -0.25) is 0 Å². The lowest BCUT2D eigenvalue weighted by Crippen LogP contribution is -2.29. The molecule has 0 bridgehead atoms. The van der Waals surface area contributed by atoms with Crippen LogP contribution in [-0.2, 0) is 6.54 Å². The Kier molecular flexibility index (Phi) is 3.52. The van der Waals surface area contributed by atoms with Gasteiger partial charge < -0.3 is 10.3 Å². The molecule has 0 radical (unpaired) electrons. The van der Waals surface area contributed by atoms with E-state index in [2.05, 4.69) is 54.3 Å².